The van der Waals surface area contributed by atoms with E-state index in [0.29, 0.717) is 6.04 Å². The van der Waals surface area contributed by atoms with Gasteiger partial charge in [0, 0.05) is 19.6 Å². The highest BCUT2D eigenvalue weighted by Gasteiger charge is 2.31. The van der Waals surface area contributed by atoms with E-state index in [2.05, 4.69) is 34.2 Å². The van der Waals surface area contributed by atoms with Gasteiger partial charge in [-0.25, -0.2) is 4.98 Å². The predicted molar refractivity (Wildman–Crippen MR) is 65.4 cm³/mol. The molecular weight excluding hydrogens is 200 g/mol. The molecule has 1 aliphatic rings. The first-order valence-corrected chi connectivity index (χ1v) is 5.90. The lowest BCUT2D eigenvalue weighted by atomic mass is 10.2. The Bertz CT molecular complexity index is 331. The molecule has 0 radical (unpaired) electrons. The van der Waals surface area contributed by atoms with E-state index >= 15 is 0 Å². The van der Waals surface area contributed by atoms with Crippen LogP contribution in [0.5, 0.6) is 0 Å². The highest BCUT2D eigenvalue weighted by molar-refractivity contribution is 5.36. The average molecular weight is 220 g/mol. The molecule has 4 heteroatoms. The lowest BCUT2D eigenvalue weighted by molar-refractivity contribution is 0.602. The van der Waals surface area contributed by atoms with Crippen molar-refractivity contribution in [3.05, 3.63) is 18.1 Å². The molecule has 4 nitrogen and oxygen atoms in total. The van der Waals surface area contributed by atoms with Crippen LogP contribution in [0.3, 0.4) is 0 Å². The van der Waals surface area contributed by atoms with Crippen molar-refractivity contribution in [2.24, 2.45) is 5.92 Å². The Labute approximate surface area is 97.1 Å². The first-order chi connectivity index (χ1) is 7.72. The smallest absolute Gasteiger partial charge is 0.147 e. The zero-order valence-electron chi connectivity index (χ0n) is 10.3. The van der Waals surface area contributed by atoms with Gasteiger partial charge in [-0.05, 0) is 32.7 Å². The summed E-state index contributed by atoms with van der Waals surface area (Å²) in [4.78, 5) is 11.1. The molecule has 1 heterocycles. The van der Waals surface area contributed by atoms with Crippen LogP contribution in [0, 0.1) is 5.92 Å². The SMILES string of the molecule is CNCc1cnc(N(C)C(C)C2CC2)cn1. The second-order valence-corrected chi connectivity index (χ2v) is 4.59. The van der Waals surface area contributed by atoms with Gasteiger partial charge in [-0.15, -0.1) is 0 Å². The lowest BCUT2D eigenvalue weighted by Gasteiger charge is -2.25. The third-order valence-corrected chi connectivity index (χ3v) is 3.33. The molecule has 1 unspecified atom stereocenters. The number of nitrogens with one attached hydrogen (secondary N) is 1. The molecular formula is C12H20N4. The van der Waals surface area contributed by atoms with E-state index in [1.54, 1.807) is 0 Å². The molecule has 0 bridgehead atoms. The van der Waals surface area contributed by atoms with Gasteiger partial charge < -0.3 is 10.2 Å². The molecule has 0 amide bonds. The van der Waals surface area contributed by atoms with Gasteiger partial charge in [0.2, 0.25) is 0 Å². The maximum Gasteiger partial charge on any atom is 0.147 e. The van der Waals surface area contributed by atoms with Gasteiger partial charge in [0.25, 0.3) is 0 Å². The van der Waals surface area contributed by atoms with E-state index in [0.717, 1.165) is 24.0 Å². The molecule has 16 heavy (non-hydrogen) atoms. The fourth-order valence-electron chi connectivity index (χ4n) is 1.91. The van der Waals surface area contributed by atoms with E-state index in [9.17, 15) is 0 Å². The highest BCUT2D eigenvalue weighted by atomic mass is 15.2. The number of nitrogens with zero attached hydrogens (tertiary/aromatic N) is 3. The van der Waals surface area contributed by atoms with E-state index in [1.165, 1.54) is 12.8 Å². The average Bonchev–Trinajstić information content (AvgIpc) is 3.12. The van der Waals surface area contributed by atoms with Crippen LogP contribution in [0.2, 0.25) is 0 Å². The van der Waals surface area contributed by atoms with Crippen LogP contribution < -0.4 is 10.2 Å². The molecule has 0 aromatic carbocycles. The van der Waals surface area contributed by atoms with Gasteiger partial charge in [0.1, 0.15) is 5.82 Å². The number of anilines is 1. The van der Waals surface area contributed by atoms with Crippen LogP contribution in [0.4, 0.5) is 5.82 Å². The van der Waals surface area contributed by atoms with Gasteiger partial charge in [-0.3, -0.25) is 4.98 Å². The Kier molecular flexibility index (Phi) is 3.39. The minimum atomic E-state index is 0.574. The van der Waals surface area contributed by atoms with Crippen molar-refractivity contribution in [2.75, 3.05) is 19.0 Å². The Balaban J connectivity index is 2.02. The summed E-state index contributed by atoms with van der Waals surface area (Å²) in [6.07, 6.45) is 6.43. The summed E-state index contributed by atoms with van der Waals surface area (Å²) in [5.41, 5.74) is 0.985. The van der Waals surface area contributed by atoms with Gasteiger partial charge in [-0.2, -0.15) is 0 Å². The standard InChI is InChI=1S/C12H20N4/c1-9(10-4-5-10)16(3)12-8-14-11(6-13-2)7-15-12/h7-10,13H,4-6H2,1-3H3. The molecule has 1 aliphatic carbocycles. The number of rotatable bonds is 5. The van der Waals surface area contributed by atoms with Gasteiger partial charge in [-0.1, -0.05) is 0 Å². The molecule has 1 aromatic heterocycles. The molecule has 0 spiro atoms. The van der Waals surface area contributed by atoms with E-state index < -0.39 is 0 Å². The molecule has 0 saturated heterocycles. The van der Waals surface area contributed by atoms with Gasteiger partial charge in [0.05, 0.1) is 18.1 Å². The Morgan fingerprint density at radius 1 is 1.44 bits per heavy atom. The molecule has 1 saturated carbocycles. The maximum atomic E-state index is 4.45. The fraction of sp³-hybridized carbons (Fsp3) is 0.667. The zero-order chi connectivity index (χ0) is 11.5. The molecule has 1 atom stereocenters. The second kappa shape index (κ2) is 4.78. The Hall–Kier alpha value is -1.16. The van der Waals surface area contributed by atoms with E-state index in [-0.39, 0.29) is 0 Å². The number of hydrogen-bond donors (Lipinski definition) is 1. The van der Waals surface area contributed by atoms with E-state index in [1.807, 2.05) is 19.4 Å². The summed E-state index contributed by atoms with van der Waals surface area (Å²) in [7, 11) is 4.02. The van der Waals surface area contributed by atoms with Crippen molar-refractivity contribution in [1.82, 2.24) is 15.3 Å². The normalized spacial score (nSPS) is 17.2. The molecule has 0 aliphatic heterocycles. The third kappa shape index (κ3) is 2.50. The summed E-state index contributed by atoms with van der Waals surface area (Å²) in [5, 5.41) is 3.07. The van der Waals surface area contributed by atoms with Crippen molar-refractivity contribution in [3.63, 3.8) is 0 Å². The Morgan fingerprint density at radius 2 is 2.19 bits per heavy atom. The largest absolute Gasteiger partial charge is 0.355 e. The quantitative estimate of drug-likeness (QED) is 0.815. The van der Waals surface area contributed by atoms with Crippen LogP contribution in [0.25, 0.3) is 0 Å². The van der Waals surface area contributed by atoms with Crippen LogP contribution in [0.1, 0.15) is 25.5 Å². The number of aromatic nitrogens is 2. The van der Waals surface area contributed by atoms with Gasteiger partial charge in [0.15, 0.2) is 0 Å². The first-order valence-electron chi connectivity index (χ1n) is 5.90. The summed E-state index contributed by atoms with van der Waals surface area (Å²) < 4.78 is 0. The van der Waals surface area contributed by atoms with Crippen molar-refractivity contribution < 1.29 is 0 Å². The highest BCUT2D eigenvalue weighted by Crippen LogP contribution is 2.35. The molecule has 88 valence electrons. The molecule has 1 N–H and O–H groups in total. The summed E-state index contributed by atoms with van der Waals surface area (Å²) >= 11 is 0. The monoisotopic (exact) mass is 220 g/mol. The van der Waals surface area contributed by atoms with E-state index in [4.69, 9.17) is 0 Å². The molecule has 1 aromatic rings. The van der Waals surface area contributed by atoms with Crippen molar-refractivity contribution >= 4 is 5.82 Å². The van der Waals surface area contributed by atoms with Crippen LogP contribution in [-0.2, 0) is 6.54 Å². The van der Waals surface area contributed by atoms with Crippen molar-refractivity contribution in [3.8, 4) is 0 Å². The Morgan fingerprint density at radius 3 is 2.69 bits per heavy atom. The maximum absolute atomic E-state index is 4.45. The van der Waals surface area contributed by atoms with Crippen LogP contribution in [-0.4, -0.2) is 30.1 Å². The molecule has 2 rings (SSSR count). The minimum absolute atomic E-state index is 0.574. The predicted octanol–water partition coefficient (Wildman–Crippen LogP) is 1.43. The minimum Gasteiger partial charge on any atom is -0.355 e. The topological polar surface area (TPSA) is 41.1 Å². The summed E-state index contributed by atoms with van der Waals surface area (Å²) in [5.74, 6) is 1.82. The summed E-state index contributed by atoms with van der Waals surface area (Å²) in [6, 6.07) is 0.574. The zero-order valence-corrected chi connectivity index (χ0v) is 10.3. The molecule has 1 fully saturated rings. The van der Waals surface area contributed by atoms with Crippen molar-refractivity contribution in [2.45, 2.75) is 32.4 Å². The van der Waals surface area contributed by atoms with Crippen molar-refractivity contribution in [1.29, 1.82) is 0 Å². The lowest BCUT2D eigenvalue weighted by Crippen LogP contribution is -2.31. The third-order valence-electron chi connectivity index (χ3n) is 3.33. The van der Waals surface area contributed by atoms with Crippen LogP contribution >= 0.6 is 0 Å². The van der Waals surface area contributed by atoms with Gasteiger partial charge >= 0.3 is 0 Å². The fourth-order valence-corrected chi connectivity index (χ4v) is 1.91. The summed E-state index contributed by atoms with van der Waals surface area (Å²) in [6.45, 7) is 3.04. The number of hydrogen-bond acceptors (Lipinski definition) is 4. The first kappa shape index (κ1) is 11.3. The van der Waals surface area contributed by atoms with Crippen LogP contribution in [0.15, 0.2) is 12.4 Å². The second-order valence-electron chi connectivity index (χ2n) is 4.59.